The maximum atomic E-state index is 8.25. The molecule has 1 aromatic rings. The molecule has 0 aromatic heterocycles. The summed E-state index contributed by atoms with van der Waals surface area (Å²) in [6.07, 6.45) is 0.803. The zero-order valence-corrected chi connectivity index (χ0v) is 11.5. The van der Waals surface area contributed by atoms with Crippen LogP contribution in [0.15, 0.2) is 33.9 Å². The molecule has 0 spiro atoms. The van der Waals surface area contributed by atoms with Crippen molar-refractivity contribution < 1.29 is 4.74 Å². The quantitative estimate of drug-likeness (QED) is 0.527. The first-order valence-corrected chi connectivity index (χ1v) is 6.69. The van der Waals surface area contributed by atoms with Gasteiger partial charge in [0.15, 0.2) is 0 Å². The maximum absolute atomic E-state index is 8.25. The summed E-state index contributed by atoms with van der Waals surface area (Å²) in [5.74, 6) is 0. The molecule has 1 aromatic carbocycles. The molecule has 6 heteroatoms. The van der Waals surface area contributed by atoms with Crippen molar-refractivity contribution in [2.24, 2.45) is 5.11 Å². The molecule has 2 atom stereocenters. The van der Waals surface area contributed by atoms with Gasteiger partial charge in [-0.05, 0) is 29.6 Å². The van der Waals surface area contributed by atoms with Crippen LogP contribution >= 0.6 is 15.9 Å². The Morgan fingerprint density at radius 2 is 2.17 bits per heavy atom. The third-order valence-corrected chi connectivity index (χ3v) is 3.48. The van der Waals surface area contributed by atoms with Gasteiger partial charge in [0, 0.05) is 22.0 Å². The van der Waals surface area contributed by atoms with E-state index in [1.807, 2.05) is 12.1 Å². The van der Waals surface area contributed by atoms with Crippen LogP contribution in [0, 0.1) is 0 Å². The van der Waals surface area contributed by atoms with Crippen molar-refractivity contribution in [1.82, 2.24) is 5.32 Å². The second-order valence-corrected chi connectivity index (χ2v) is 5.16. The summed E-state index contributed by atoms with van der Waals surface area (Å²) in [4.78, 5) is 2.76. The number of azide groups is 1. The third kappa shape index (κ3) is 3.71. The molecule has 1 aliphatic heterocycles. The van der Waals surface area contributed by atoms with Crippen molar-refractivity contribution in [1.29, 1.82) is 0 Å². The number of nitrogens with one attached hydrogen (secondary N) is 1. The van der Waals surface area contributed by atoms with E-state index in [9.17, 15) is 0 Å². The molecule has 0 saturated carbocycles. The molecule has 18 heavy (non-hydrogen) atoms. The van der Waals surface area contributed by atoms with Gasteiger partial charge < -0.3 is 10.1 Å². The fraction of sp³-hybridized carbons (Fsp3) is 0.500. The number of nitrogens with zero attached hydrogens (tertiary/aromatic N) is 3. The second-order valence-electron chi connectivity index (χ2n) is 4.25. The van der Waals surface area contributed by atoms with Crippen molar-refractivity contribution >= 4 is 15.9 Å². The number of ether oxygens (including phenoxy) is 1. The number of hydrogen-bond acceptors (Lipinski definition) is 3. The van der Waals surface area contributed by atoms with Crippen LogP contribution in [0.4, 0.5) is 0 Å². The van der Waals surface area contributed by atoms with E-state index in [4.69, 9.17) is 10.3 Å². The van der Waals surface area contributed by atoms with Crippen molar-refractivity contribution in [2.75, 3.05) is 19.8 Å². The summed E-state index contributed by atoms with van der Waals surface area (Å²) in [5.41, 5.74) is 9.47. The Morgan fingerprint density at radius 1 is 1.39 bits per heavy atom. The summed E-state index contributed by atoms with van der Waals surface area (Å²) in [7, 11) is 0. The fourth-order valence-corrected chi connectivity index (χ4v) is 2.29. The minimum absolute atomic E-state index is 0.211. The fourth-order valence-electron chi connectivity index (χ4n) is 2.02. The lowest BCUT2D eigenvalue weighted by Gasteiger charge is -2.31. The largest absolute Gasteiger partial charge is 0.378 e. The smallest absolute Gasteiger partial charge is 0.0662 e. The summed E-state index contributed by atoms with van der Waals surface area (Å²) in [6.45, 7) is 1.86. The molecule has 1 saturated heterocycles. The lowest BCUT2D eigenvalue weighted by Crippen LogP contribution is -2.44. The van der Waals surface area contributed by atoms with Gasteiger partial charge in [0.05, 0.1) is 19.3 Å². The summed E-state index contributed by atoms with van der Waals surface area (Å²) in [6, 6.07) is 8.68. The molecular weight excluding hydrogens is 296 g/mol. The Labute approximate surface area is 114 Å². The Kier molecular flexibility index (Phi) is 5.01. The molecule has 1 fully saturated rings. The topological polar surface area (TPSA) is 70.0 Å². The van der Waals surface area contributed by atoms with E-state index in [0.717, 1.165) is 10.9 Å². The van der Waals surface area contributed by atoms with E-state index in [1.165, 1.54) is 5.56 Å². The van der Waals surface area contributed by atoms with Gasteiger partial charge in [-0.15, -0.1) is 0 Å². The van der Waals surface area contributed by atoms with Gasteiger partial charge >= 0.3 is 0 Å². The Balaban J connectivity index is 1.93. The van der Waals surface area contributed by atoms with Gasteiger partial charge in [-0.2, -0.15) is 0 Å². The summed E-state index contributed by atoms with van der Waals surface area (Å²) in [5, 5.41) is 7.08. The molecule has 1 N–H and O–H groups in total. The average Bonchev–Trinajstić information content (AvgIpc) is 2.40. The minimum atomic E-state index is 0.211. The molecule has 0 aliphatic carbocycles. The maximum Gasteiger partial charge on any atom is 0.0662 e. The first-order chi connectivity index (χ1) is 8.79. The number of morpholine rings is 1. The molecule has 1 aliphatic rings. The van der Waals surface area contributed by atoms with Gasteiger partial charge in [-0.1, -0.05) is 33.2 Å². The van der Waals surface area contributed by atoms with Gasteiger partial charge in [-0.25, -0.2) is 0 Å². The lowest BCUT2D eigenvalue weighted by molar-refractivity contribution is 0.0434. The molecule has 5 nitrogen and oxygen atoms in total. The zero-order chi connectivity index (χ0) is 12.8. The van der Waals surface area contributed by atoms with Crippen LogP contribution in [0.5, 0.6) is 0 Å². The van der Waals surface area contributed by atoms with Crippen molar-refractivity contribution in [3.63, 3.8) is 0 Å². The van der Waals surface area contributed by atoms with Crippen LogP contribution in [0.3, 0.4) is 0 Å². The van der Waals surface area contributed by atoms with Crippen LogP contribution < -0.4 is 5.32 Å². The highest BCUT2D eigenvalue weighted by Gasteiger charge is 2.22. The third-order valence-electron chi connectivity index (χ3n) is 2.95. The van der Waals surface area contributed by atoms with Gasteiger partial charge in [0.25, 0.3) is 0 Å². The first-order valence-electron chi connectivity index (χ1n) is 5.89. The average molecular weight is 311 g/mol. The normalized spacial score (nSPS) is 23.4. The molecule has 2 rings (SSSR count). The second kappa shape index (κ2) is 6.75. The van der Waals surface area contributed by atoms with E-state index in [0.29, 0.717) is 19.8 Å². The van der Waals surface area contributed by atoms with E-state index in [1.54, 1.807) is 0 Å². The van der Waals surface area contributed by atoms with Gasteiger partial charge in [0.2, 0.25) is 0 Å². The van der Waals surface area contributed by atoms with E-state index in [2.05, 4.69) is 43.4 Å². The Bertz CT molecular complexity index is 430. The summed E-state index contributed by atoms with van der Waals surface area (Å²) < 4.78 is 6.67. The summed E-state index contributed by atoms with van der Waals surface area (Å²) >= 11 is 3.43. The van der Waals surface area contributed by atoms with Crippen LogP contribution in [-0.2, 0) is 4.74 Å². The highest BCUT2D eigenvalue weighted by atomic mass is 79.9. The molecule has 2 unspecified atom stereocenters. The minimum Gasteiger partial charge on any atom is -0.378 e. The van der Waals surface area contributed by atoms with Crippen LogP contribution in [0.25, 0.3) is 10.4 Å². The van der Waals surface area contributed by atoms with E-state index < -0.39 is 0 Å². The van der Waals surface area contributed by atoms with Gasteiger partial charge in [-0.3, -0.25) is 0 Å². The van der Waals surface area contributed by atoms with Crippen molar-refractivity contribution in [2.45, 2.75) is 18.5 Å². The number of rotatable bonds is 4. The number of benzene rings is 1. The van der Waals surface area contributed by atoms with E-state index >= 15 is 0 Å². The zero-order valence-electron chi connectivity index (χ0n) is 9.92. The highest BCUT2D eigenvalue weighted by molar-refractivity contribution is 9.10. The molecule has 0 bridgehead atoms. The highest BCUT2D eigenvalue weighted by Crippen LogP contribution is 2.20. The Morgan fingerprint density at radius 3 is 2.89 bits per heavy atom. The van der Waals surface area contributed by atoms with Crippen LogP contribution in [-0.4, -0.2) is 25.8 Å². The van der Waals surface area contributed by atoms with Gasteiger partial charge in [0.1, 0.15) is 0 Å². The van der Waals surface area contributed by atoms with E-state index in [-0.39, 0.29) is 12.1 Å². The first kappa shape index (κ1) is 13.4. The van der Waals surface area contributed by atoms with Crippen molar-refractivity contribution in [3.05, 3.63) is 44.7 Å². The van der Waals surface area contributed by atoms with Crippen molar-refractivity contribution in [3.8, 4) is 0 Å². The predicted octanol–water partition coefficient (Wildman–Crippen LogP) is 3.18. The SMILES string of the molecule is [N-]=[N+]=NCCC1COCC(c2ccc(Br)cc2)N1. The lowest BCUT2D eigenvalue weighted by atomic mass is 10.0. The molecule has 1 heterocycles. The predicted molar refractivity (Wildman–Crippen MR) is 73.3 cm³/mol. The molecule has 96 valence electrons. The molecule has 0 amide bonds. The van der Waals surface area contributed by atoms with Crippen LogP contribution in [0.1, 0.15) is 18.0 Å². The molecule has 0 radical (unpaired) electrons. The molecular formula is C12H15BrN4O. The standard InChI is InChI=1S/C12H15BrN4O/c13-10-3-1-9(2-4-10)12-8-18-7-11(16-12)5-6-15-17-14/h1-4,11-12,16H,5-8H2. The van der Waals surface area contributed by atoms with Crippen LogP contribution in [0.2, 0.25) is 0 Å². The Hall–Kier alpha value is -1.07. The number of halogens is 1. The monoisotopic (exact) mass is 310 g/mol. The number of hydrogen-bond donors (Lipinski definition) is 1.